The number of hydrogen-bond acceptors (Lipinski definition) is 6. The van der Waals surface area contributed by atoms with E-state index in [1.165, 1.54) is 16.2 Å². The maximum atomic E-state index is 13.0. The molecule has 8 heteroatoms. The van der Waals surface area contributed by atoms with Crippen molar-refractivity contribution in [2.45, 2.75) is 33.2 Å². The summed E-state index contributed by atoms with van der Waals surface area (Å²) in [6, 6.07) is 5.36. The molecule has 0 saturated carbocycles. The summed E-state index contributed by atoms with van der Waals surface area (Å²) in [6.45, 7) is 6.54. The molecule has 2 aromatic heterocycles. The van der Waals surface area contributed by atoms with Gasteiger partial charge in [-0.25, -0.2) is 4.98 Å². The Morgan fingerprint density at radius 1 is 1.35 bits per heavy atom. The number of rotatable bonds is 5. The summed E-state index contributed by atoms with van der Waals surface area (Å²) in [5.74, 6) is 0.312. The van der Waals surface area contributed by atoms with E-state index in [1.54, 1.807) is 29.3 Å². The number of anilines is 1. The molecule has 0 aliphatic carbocycles. The number of nitrogens with one attached hydrogen (secondary N) is 1. The summed E-state index contributed by atoms with van der Waals surface area (Å²) in [6.07, 6.45) is 4.17. The number of fused-ring (bicyclic) bond motifs is 1. The van der Waals surface area contributed by atoms with Crippen LogP contribution in [0.25, 0.3) is 11.7 Å². The molecule has 1 aliphatic heterocycles. The molecule has 136 valence electrons. The van der Waals surface area contributed by atoms with Gasteiger partial charge in [0.2, 0.25) is 0 Å². The monoisotopic (exact) mass is 388 g/mol. The number of hydrogen-bond donors (Lipinski definition) is 1. The van der Waals surface area contributed by atoms with E-state index in [9.17, 15) is 9.59 Å². The van der Waals surface area contributed by atoms with Crippen molar-refractivity contribution in [3.63, 3.8) is 0 Å². The highest BCUT2D eigenvalue weighted by atomic mass is 32.2. The molecule has 1 N–H and O–H groups in total. The van der Waals surface area contributed by atoms with Gasteiger partial charge in [-0.2, -0.15) is 0 Å². The van der Waals surface area contributed by atoms with Crippen LogP contribution >= 0.6 is 24.0 Å². The van der Waals surface area contributed by atoms with E-state index in [2.05, 4.69) is 10.3 Å². The molecule has 1 aliphatic rings. The van der Waals surface area contributed by atoms with Crippen molar-refractivity contribution in [1.82, 2.24) is 14.3 Å². The number of aromatic nitrogens is 2. The Morgan fingerprint density at radius 2 is 2.12 bits per heavy atom. The van der Waals surface area contributed by atoms with E-state index in [-0.39, 0.29) is 17.5 Å². The standard InChI is InChI=1S/C18H20N4O2S2/c1-4-8-19-15-12(16(23)21-9-6-5-7-14(21)20-15)10-13-17(24)22(11(2)3)18(25)26-13/h5-7,9-11,19H,4,8H2,1-3H3/b13-10+. The lowest BCUT2D eigenvalue weighted by Crippen LogP contribution is -2.34. The minimum atomic E-state index is -0.219. The van der Waals surface area contributed by atoms with E-state index in [4.69, 9.17) is 12.2 Å². The van der Waals surface area contributed by atoms with Crippen LogP contribution in [0.2, 0.25) is 0 Å². The van der Waals surface area contributed by atoms with Gasteiger partial charge in [0.15, 0.2) is 0 Å². The fourth-order valence-corrected chi connectivity index (χ4v) is 4.17. The molecule has 0 bridgehead atoms. The van der Waals surface area contributed by atoms with Crippen LogP contribution in [0.15, 0.2) is 34.1 Å². The predicted octanol–water partition coefficient (Wildman–Crippen LogP) is 3.13. The number of carbonyl (C=O) groups excluding carboxylic acids is 1. The first-order chi connectivity index (χ1) is 12.4. The average Bonchev–Trinajstić information content (AvgIpc) is 2.89. The van der Waals surface area contributed by atoms with Gasteiger partial charge in [0.05, 0.1) is 10.5 Å². The summed E-state index contributed by atoms with van der Waals surface area (Å²) in [5, 5.41) is 3.19. The average molecular weight is 389 g/mol. The Labute approximate surface area is 161 Å². The van der Waals surface area contributed by atoms with Gasteiger partial charge in [0.1, 0.15) is 15.8 Å². The molecular formula is C18H20N4O2S2. The molecule has 26 heavy (non-hydrogen) atoms. The van der Waals surface area contributed by atoms with E-state index < -0.39 is 0 Å². The Kier molecular flexibility index (Phi) is 5.43. The predicted molar refractivity (Wildman–Crippen MR) is 110 cm³/mol. The molecular weight excluding hydrogens is 368 g/mol. The summed E-state index contributed by atoms with van der Waals surface area (Å²) in [7, 11) is 0. The first-order valence-corrected chi connectivity index (χ1v) is 9.68. The highest BCUT2D eigenvalue weighted by Gasteiger charge is 2.34. The van der Waals surface area contributed by atoms with Crippen LogP contribution in [0.1, 0.15) is 32.8 Å². The van der Waals surface area contributed by atoms with Crippen LogP contribution in [0.5, 0.6) is 0 Å². The molecule has 1 amide bonds. The second kappa shape index (κ2) is 7.59. The Morgan fingerprint density at radius 3 is 2.77 bits per heavy atom. The lowest BCUT2D eigenvalue weighted by molar-refractivity contribution is -0.123. The Balaban J connectivity index is 2.14. The molecule has 1 saturated heterocycles. The van der Waals surface area contributed by atoms with Gasteiger partial charge in [-0.1, -0.05) is 37.0 Å². The highest BCUT2D eigenvalue weighted by Crippen LogP contribution is 2.34. The summed E-state index contributed by atoms with van der Waals surface area (Å²) >= 11 is 6.53. The molecule has 0 spiro atoms. The van der Waals surface area contributed by atoms with Crippen LogP contribution < -0.4 is 10.9 Å². The maximum Gasteiger partial charge on any atom is 0.267 e. The number of amides is 1. The third kappa shape index (κ3) is 3.39. The largest absolute Gasteiger partial charge is 0.369 e. The molecule has 6 nitrogen and oxygen atoms in total. The molecule has 1 fully saturated rings. The Hall–Kier alpha value is -2.19. The van der Waals surface area contributed by atoms with Gasteiger partial charge in [0.25, 0.3) is 11.5 Å². The fraction of sp³-hybridized carbons (Fsp3) is 0.333. The van der Waals surface area contributed by atoms with Gasteiger partial charge in [0, 0.05) is 18.8 Å². The van der Waals surface area contributed by atoms with Crippen molar-refractivity contribution in [2.75, 3.05) is 11.9 Å². The summed E-state index contributed by atoms with van der Waals surface area (Å²) in [5.41, 5.74) is 0.707. The van der Waals surface area contributed by atoms with E-state index in [1.807, 2.05) is 26.8 Å². The lowest BCUT2D eigenvalue weighted by Gasteiger charge is -2.18. The zero-order valence-corrected chi connectivity index (χ0v) is 16.5. The van der Waals surface area contributed by atoms with Crippen LogP contribution in [-0.4, -0.2) is 37.1 Å². The van der Waals surface area contributed by atoms with Crippen molar-refractivity contribution in [1.29, 1.82) is 0 Å². The zero-order chi connectivity index (χ0) is 18.8. The van der Waals surface area contributed by atoms with E-state index in [0.29, 0.717) is 32.8 Å². The van der Waals surface area contributed by atoms with E-state index >= 15 is 0 Å². The quantitative estimate of drug-likeness (QED) is 0.627. The van der Waals surface area contributed by atoms with Crippen molar-refractivity contribution in [3.05, 3.63) is 45.2 Å². The normalized spacial score (nSPS) is 16.3. The first kappa shape index (κ1) is 18.6. The molecule has 0 radical (unpaired) electrons. The number of pyridine rings is 1. The minimum Gasteiger partial charge on any atom is -0.369 e. The molecule has 0 aromatic carbocycles. The number of thiocarbonyl (C=S) groups is 1. The molecule has 3 heterocycles. The molecule has 2 aromatic rings. The molecule has 0 unspecified atom stereocenters. The van der Waals surface area contributed by atoms with Crippen LogP contribution in [-0.2, 0) is 4.79 Å². The van der Waals surface area contributed by atoms with E-state index in [0.717, 1.165) is 6.42 Å². The van der Waals surface area contributed by atoms with Crippen LogP contribution in [0.4, 0.5) is 5.82 Å². The van der Waals surface area contributed by atoms with Crippen LogP contribution in [0.3, 0.4) is 0 Å². The number of thioether (sulfide) groups is 1. The van der Waals surface area contributed by atoms with Crippen molar-refractivity contribution < 1.29 is 4.79 Å². The number of carbonyl (C=O) groups is 1. The third-order valence-electron chi connectivity index (χ3n) is 3.93. The maximum absolute atomic E-state index is 13.0. The fourth-order valence-electron chi connectivity index (χ4n) is 2.67. The molecule has 0 atom stereocenters. The summed E-state index contributed by atoms with van der Waals surface area (Å²) in [4.78, 5) is 32.2. The van der Waals surface area contributed by atoms with Crippen molar-refractivity contribution in [2.24, 2.45) is 0 Å². The smallest absolute Gasteiger partial charge is 0.267 e. The van der Waals surface area contributed by atoms with Gasteiger partial charge >= 0.3 is 0 Å². The van der Waals surface area contributed by atoms with Crippen molar-refractivity contribution >= 4 is 51.7 Å². The van der Waals surface area contributed by atoms with Crippen LogP contribution in [0, 0.1) is 0 Å². The lowest BCUT2D eigenvalue weighted by atomic mass is 10.2. The van der Waals surface area contributed by atoms with Gasteiger partial charge < -0.3 is 5.32 Å². The summed E-state index contributed by atoms with van der Waals surface area (Å²) < 4.78 is 1.99. The third-order valence-corrected chi connectivity index (χ3v) is 5.26. The van der Waals surface area contributed by atoms with Gasteiger partial charge in [-0.3, -0.25) is 18.9 Å². The minimum absolute atomic E-state index is 0.0260. The second-order valence-corrected chi connectivity index (χ2v) is 7.86. The topological polar surface area (TPSA) is 66.7 Å². The highest BCUT2D eigenvalue weighted by molar-refractivity contribution is 8.26. The number of nitrogens with zero attached hydrogens (tertiary/aromatic N) is 3. The second-order valence-electron chi connectivity index (χ2n) is 6.18. The SMILES string of the molecule is CCCNc1nc2ccccn2c(=O)c1/C=C1/SC(=S)N(C(C)C)C1=O. The molecule has 3 rings (SSSR count). The van der Waals surface area contributed by atoms with Crippen molar-refractivity contribution in [3.8, 4) is 0 Å². The van der Waals surface area contributed by atoms with Gasteiger partial charge in [-0.15, -0.1) is 0 Å². The zero-order valence-electron chi connectivity index (χ0n) is 14.9. The Bertz CT molecular complexity index is 965. The van der Waals surface area contributed by atoms with Gasteiger partial charge in [-0.05, 0) is 38.5 Å². The first-order valence-electron chi connectivity index (χ1n) is 8.46.